The predicted molar refractivity (Wildman–Crippen MR) is 58.8 cm³/mol. The Morgan fingerprint density at radius 2 is 2.12 bits per heavy atom. The Morgan fingerprint density at radius 3 is 2.75 bits per heavy atom. The summed E-state index contributed by atoms with van der Waals surface area (Å²) in [4.78, 5) is 7.61. The Bertz CT molecular complexity index is 359. The number of thioether (sulfide) groups is 1. The molecule has 1 rings (SSSR count). The van der Waals surface area contributed by atoms with E-state index in [1.165, 1.54) is 6.33 Å². The molecule has 0 aliphatic rings. The monoisotopic (exact) mass is 271 g/mol. The molecule has 0 bridgehead atoms. The number of nitrogens with one attached hydrogen (secondary N) is 1. The van der Waals surface area contributed by atoms with Gasteiger partial charge in [-0.2, -0.15) is 13.2 Å². The quantitative estimate of drug-likeness (QED) is 0.674. The second kappa shape index (κ2) is 5.58. The standard InChI is InChI=1S/C8H9ClF3N3S/c1-5-6(9)14-4-15-7(5)13-2-3-16-8(10,11)12/h4H,2-3H2,1H3,(H,13,14,15). The van der Waals surface area contributed by atoms with Crippen LogP contribution in [-0.4, -0.2) is 27.8 Å². The van der Waals surface area contributed by atoms with Crippen molar-refractivity contribution in [3.63, 3.8) is 0 Å². The van der Waals surface area contributed by atoms with Crippen molar-refractivity contribution < 1.29 is 13.2 Å². The molecular weight excluding hydrogens is 263 g/mol. The van der Waals surface area contributed by atoms with E-state index in [9.17, 15) is 13.2 Å². The van der Waals surface area contributed by atoms with Crippen LogP contribution in [0.25, 0.3) is 0 Å². The fourth-order valence-electron chi connectivity index (χ4n) is 0.943. The lowest BCUT2D eigenvalue weighted by Gasteiger charge is -2.09. The van der Waals surface area contributed by atoms with Gasteiger partial charge in [0.25, 0.3) is 0 Å². The largest absolute Gasteiger partial charge is 0.441 e. The zero-order valence-electron chi connectivity index (χ0n) is 8.31. The van der Waals surface area contributed by atoms with Gasteiger partial charge in [0.1, 0.15) is 17.3 Å². The molecule has 0 saturated heterocycles. The molecule has 16 heavy (non-hydrogen) atoms. The first-order chi connectivity index (χ1) is 7.40. The lowest BCUT2D eigenvalue weighted by atomic mass is 10.3. The minimum absolute atomic E-state index is 0.0760. The summed E-state index contributed by atoms with van der Waals surface area (Å²) in [5.74, 6) is 0.382. The Kier molecular flexibility index (Phi) is 4.67. The van der Waals surface area contributed by atoms with Crippen LogP contribution in [0.15, 0.2) is 6.33 Å². The topological polar surface area (TPSA) is 37.8 Å². The lowest BCUT2D eigenvalue weighted by Crippen LogP contribution is -2.11. The molecule has 0 unspecified atom stereocenters. The Morgan fingerprint density at radius 1 is 1.44 bits per heavy atom. The van der Waals surface area contributed by atoms with Gasteiger partial charge in [-0.25, -0.2) is 9.97 Å². The number of rotatable bonds is 4. The number of hydrogen-bond acceptors (Lipinski definition) is 4. The van der Waals surface area contributed by atoms with Crippen molar-refractivity contribution in [1.82, 2.24) is 9.97 Å². The van der Waals surface area contributed by atoms with Crippen molar-refractivity contribution in [3.05, 3.63) is 17.0 Å². The van der Waals surface area contributed by atoms with Crippen LogP contribution in [0.5, 0.6) is 0 Å². The molecule has 1 aromatic heterocycles. The number of nitrogens with zero attached hydrogens (tertiary/aromatic N) is 2. The van der Waals surface area contributed by atoms with Gasteiger partial charge >= 0.3 is 5.51 Å². The minimum Gasteiger partial charge on any atom is -0.369 e. The zero-order chi connectivity index (χ0) is 12.2. The van der Waals surface area contributed by atoms with Gasteiger partial charge in [-0.3, -0.25) is 0 Å². The van der Waals surface area contributed by atoms with Crippen molar-refractivity contribution in [2.24, 2.45) is 0 Å². The molecule has 0 fully saturated rings. The van der Waals surface area contributed by atoms with E-state index in [0.29, 0.717) is 16.5 Å². The molecule has 0 aromatic carbocycles. The summed E-state index contributed by atoms with van der Waals surface area (Å²) in [6, 6.07) is 0. The average Bonchev–Trinajstić information content (AvgIpc) is 2.17. The van der Waals surface area contributed by atoms with Gasteiger partial charge in [0, 0.05) is 17.9 Å². The highest BCUT2D eigenvalue weighted by Gasteiger charge is 2.27. The normalized spacial score (nSPS) is 11.6. The highest BCUT2D eigenvalue weighted by molar-refractivity contribution is 8.00. The molecule has 1 aromatic rings. The van der Waals surface area contributed by atoms with Crippen LogP contribution < -0.4 is 5.32 Å². The third kappa shape index (κ3) is 4.44. The van der Waals surface area contributed by atoms with Crippen LogP contribution in [0.1, 0.15) is 5.56 Å². The van der Waals surface area contributed by atoms with Crippen molar-refractivity contribution in [2.45, 2.75) is 12.4 Å². The van der Waals surface area contributed by atoms with Gasteiger partial charge in [-0.15, -0.1) is 0 Å². The SMILES string of the molecule is Cc1c(Cl)ncnc1NCCSC(F)(F)F. The number of aromatic nitrogens is 2. The Hall–Kier alpha value is -0.690. The van der Waals surface area contributed by atoms with Crippen LogP contribution in [0.4, 0.5) is 19.0 Å². The number of halogens is 4. The van der Waals surface area contributed by atoms with Crippen molar-refractivity contribution in [1.29, 1.82) is 0 Å². The van der Waals surface area contributed by atoms with E-state index in [1.54, 1.807) is 6.92 Å². The van der Waals surface area contributed by atoms with Crippen LogP contribution in [0.2, 0.25) is 5.15 Å². The molecule has 90 valence electrons. The molecule has 8 heteroatoms. The molecule has 0 saturated carbocycles. The third-order valence-corrected chi connectivity index (χ3v) is 2.80. The van der Waals surface area contributed by atoms with Gasteiger partial charge in [0.05, 0.1) is 0 Å². The molecule has 0 amide bonds. The fraction of sp³-hybridized carbons (Fsp3) is 0.500. The number of anilines is 1. The molecular formula is C8H9ClF3N3S. The molecule has 0 radical (unpaired) electrons. The fourth-order valence-corrected chi connectivity index (χ4v) is 1.51. The van der Waals surface area contributed by atoms with E-state index in [2.05, 4.69) is 15.3 Å². The van der Waals surface area contributed by atoms with E-state index < -0.39 is 5.51 Å². The average molecular weight is 272 g/mol. The van der Waals surface area contributed by atoms with Crippen LogP contribution in [-0.2, 0) is 0 Å². The second-order valence-corrected chi connectivity index (χ2v) is 4.38. The minimum atomic E-state index is -4.19. The maximum Gasteiger partial charge on any atom is 0.441 e. The lowest BCUT2D eigenvalue weighted by molar-refractivity contribution is -0.0327. The van der Waals surface area contributed by atoms with Crippen LogP contribution in [0, 0.1) is 6.92 Å². The summed E-state index contributed by atoms with van der Waals surface area (Å²) in [7, 11) is 0. The van der Waals surface area contributed by atoms with Crippen molar-refractivity contribution in [2.75, 3.05) is 17.6 Å². The summed E-state index contributed by atoms with van der Waals surface area (Å²) < 4.78 is 35.4. The highest BCUT2D eigenvalue weighted by Crippen LogP contribution is 2.29. The zero-order valence-corrected chi connectivity index (χ0v) is 9.88. The maximum atomic E-state index is 11.8. The smallest absolute Gasteiger partial charge is 0.369 e. The van der Waals surface area contributed by atoms with Gasteiger partial charge in [0.15, 0.2) is 0 Å². The summed E-state index contributed by atoms with van der Waals surface area (Å²) in [6.45, 7) is 1.86. The first kappa shape index (κ1) is 13.4. The van der Waals surface area contributed by atoms with E-state index in [4.69, 9.17) is 11.6 Å². The van der Waals surface area contributed by atoms with E-state index in [-0.39, 0.29) is 24.1 Å². The highest BCUT2D eigenvalue weighted by atomic mass is 35.5. The van der Waals surface area contributed by atoms with E-state index >= 15 is 0 Å². The Balaban J connectivity index is 2.41. The summed E-state index contributed by atoms with van der Waals surface area (Å²) in [6.07, 6.45) is 1.26. The number of hydrogen-bond donors (Lipinski definition) is 1. The maximum absolute atomic E-state index is 11.8. The van der Waals surface area contributed by atoms with Crippen molar-refractivity contribution in [3.8, 4) is 0 Å². The van der Waals surface area contributed by atoms with Crippen LogP contribution in [0.3, 0.4) is 0 Å². The molecule has 0 aliphatic carbocycles. The van der Waals surface area contributed by atoms with Crippen molar-refractivity contribution >= 4 is 29.2 Å². The second-order valence-electron chi connectivity index (χ2n) is 2.86. The van der Waals surface area contributed by atoms with E-state index in [1.807, 2.05) is 0 Å². The van der Waals surface area contributed by atoms with Crippen LogP contribution >= 0.6 is 23.4 Å². The molecule has 1 N–H and O–H groups in total. The predicted octanol–water partition coefficient (Wildman–Crippen LogP) is 3.10. The van der Waals surface area contributed by atoms with Gasteiger partial charge in [-0.1, -0.05) is 11.6 Å². The van der Waals surface area contributed by atoms with Gasteiger partial charge < -0.3 is 5.32 Å². The van der Waals surface area contributed by atoms with E-state index in [0.717, 1.165) is 0 Å². The molecule has 0 spiro atoms. The summed E-state index contributed by atoms with van der Waals surface area (Å²) in [5.41, 5.74) is -3.57. The first-order valence-electron chi connectivity index (χ1n) is 4.32. The number of alkyl halides is 3. The molecule has 3 nitrogen and oxygen atoms in total. The Labute approximate surface area is 99.8 Å². The summed E-state index contributed by atoms with van der Waals surface area (Å²) in [5, 5.41) is 3.06. The molecule has 1 heterocycles. The van der Waals surface area contributed by atoms with Gasteiger partial charge in [-0.05, 0) is 18.7 Å². The first-order valence-corrected chi connectivity index (χ1v) is 5.68. The molecule has 0 atom stereocenters. The van der Waals surface area contributed by atoms with Gasteiger partial charge in [0.2, 0.25) is 0 Å². The molecule has 0 aliphatic heterocycles. The third-order valence-electron chi connectivity index (χ3n) is 1.68. The summed E-state index contributed by atoms with van der Waals surface area (Å²) >= 11 is 5.65.